The van der Waals surface area contributed by atoms with E-state index in [1.165, 1.54) is 32.5 Å². The first-order valence-corrected chi connectivity index (χ1v) is 6.84. The monoisotopic (exact) mass is 227 g/mol. The zero-order valence-electron chi connectivity index (χ0n) is 11.5. The molecule has 0 aromatic rings. The molecule has 0 aliphatic carbocycles. The van der Waals surface area contributed by atoms with E-state index in [1.54, 1.807) is 0 Å². The second kappa shape index (κ2) is 7.25. The van der Waals surface area contributed by atoms with E-state index in [4.69, 9.17) is 0 Å². The summed E-state index contributed by atoms with van der Waals surface area (Å²) in [6.45, 7) is 12.7. The lowest BCUT2D eigenvalue weighted by Crippen LogP contribution is -2.55. The smallest absolute Gasteiger partial charge is 0.0221 e. The molecular formula is C13H29N3. The molecule has 96 valence electrons. The summed E-state index contributed by atoms with van der Waals surface area (Å²) in [5, 5.41) is 3.50. The third-order valence-corrected chi connectivity index (χ3v) is 3.76. The fourth-order valence-corrected chi connectivity index (χ4v) is 2.47. The Morgan fingerprint density at radius 2 is 2.06 bits per heavy atom. The van der Waals surface area contributed by atoms with Crippen LogP contribution in [-0.2, 0) is 0 Å². The minimum atomic E-state index is 0.703. The summed E-state index contributed by atoms with van der Waals surface area (Å²) < 4.78 is 0. The van der Waals surface area contributed by atoms with Crippen LogP contribution in [0.4, 0.5) is 0 Å². The predicted octanol–water partition coefficient (Wildman–Crippen LogP) is 1.40. The third-order valence-electron chi connectivity index (χ3n) is 3.76. The van der Waals surface area contributed by atoms with Gasteiger partial charge in [0.25, 0.3) is 0 Å². The first-order valence-electron chi connectivity index (χ1n) is 6.84. The highest BCUT2D eigenvalue weighted by Gasteiger charge is 2.25. The molecule has 1 fully saturated rings. The molecule has 0 spiro atoms. The lowest BCUT2D eigenvalue weighted by Gasteiger charge is -2.42. The van der Waals surface area contributed by atoms with Crippen molar-refractivity contribution in [2.45, 2.75) is 45.7 Å². The Kier molecular flexibility index (Phi) is 6.32. The van der Waals surface area contributed by atoms with Crippen molar-refractivity contribution in [3.05, 3.63) is 0 Å². The van der Waals surface area contributed by atoms with E-state index in [1.807, 2.05) is 0 Å². The molecule has 3 heteroatoms. The minimum Gasteiger partial charge on any atom is -0.315 e. The van der Waals surface area contributed by atoms with Gasteiger partial charge in [0, 0.05) is 38.3 Å². The second-order valence-electron chi connectivity index (χ2n) is 5.07. The number of rotatable bonds is 6. The van der Waals surface area contributed by atoms with Crippen LogP contribution in [0.3, 0.4) is 0 Å². The fraction of sp³-hybridized carbons (Fsp3) is 1.00. The maximum Gasteiger partial charge on any atom is 0.0221 e. The molecule has 3 nitrogen and oxygen atoms in total. The molecule has 1 saturated heterocycles. The van der Waals surface area contributed by atoms with E-state index in [0.717, 1.165) is 19.1 Å². The number of hydrogen-bond donors (Lipinski definition) is 1. The number of nitrogens with zero attached hydrogens (tertiary/aromatic N) is 2. The molecule has 0 aromatic heterocycles. The molecule has 1 heterocycles. The normalized spacial score (nSPS) is 25.9. The Morgan fingerprint density at radius 1 is 1.31 bits per heavy atom. The quantitative estimate of drug-likeness (QED) is 0.740. The molecule has 1 aliphatic rings. The molecule has 1 aliphatic heterocycles. The molecule has 1 N–H and O–H groups in total. The van der Waals surface area contributed by atoms with Gasteiger partial charge in [-0.2, -0.15) is 0 Å². The van der Waals surface area contributed by atoms with Crippen LogP contribution in [-0.4, -0.2) is 61.7 Å². The van der Waals surface area contributed by atoms with Gasteiger partial charge < -0.3 is 10.2 Å². The standard InChI is InChI=1S/C13H29N3/c1-5-7-13(10-14-6-2)16-9-8-15(4)12(3)11-16/h12-14H,5-11H2,1-4H3. The van der Waals surface area contributed by atoms with Crippen LogP contribution >= 0.6 is 0 Å². The van der Waals surface area contributed by atoms with Crippen LogP contribution in [0.15, 0.2) is 0 Å². The van der Waals surface area contributed by atoms with Crippen molar-refractivity contribution in [1.82, 2.24) is 15.1 Å². The first-order chi connectivity index (χ1) is 7.69. The molecule has 0 amide bonds. The highest BCUT2D eigenvalue weighted by atomic mass is 15.3. The van der Waals surface area contributed by atoms with Crippen LogP contribution in [0.25, 0.3) is 0 Å². The predicted molar refractivity (Wildman–Crippen MR) is 70.9 cm³/mol. The summed E-state index contributed by atoms with van der Waals surface area (Å²) in [5.74, 6) is 0. The van der Waals surface area contributed by atoms with Crippen LogP contribution in [0, 0.1) is 0 Å². The van der Waals surface area contributed by atoms with E-state index in [2.05, 4.69) is 42.9 Å². The van der Waals surface area contributed by atoms with Gasteiger partial charge in [-0.25, -0.2) is 0 Å². The van der Waals surface area contributed by atoms with Crippen molar-refractivity contribution in [2.24, 2.45) is 0 Å². The Hall–Kier alpha value is -0.120. The number of piperazine rings is 1. The highest BCUT2D eigenvalue weighted by Crippen LogP contribution is 2.13. The van der Waals surface area contributed by atoms with Gasteiger partial charge in [-0.1, -0.05) is 20.3 Å². The molecule has 1 rings (SSSR count). The molecule has 2 unspecified atom stereocenters. The van der Waals surface area contributed by atoms with Crippen molar-refractivity contribution in [2.75, 3.05) is 39.8 Å². The second-order valence-corrected chi connectivity index (χ2v) is 5.07. The van der Waals surface area contributed by atoms with Crippen molar-refractivity contribution in [3.8, 4) is 0 Å². The maximum absolute atomic E-state index is 3.50. The fourth-order valence-electron chi connectivity index (χ4n) is 2.47. The zero-order valence-corrected chi connectivity index (χ0v) is 11.5. The van der Waals surface area contributed by atoms with E-state index in [9.17, 15) is 0 Å². The summed E-state index contributed by atoms with van der Waals surface area (Å²) in [7, 11) is 2.24. The SMILES string of the molecule is CCCC(CNCC)N1CCN(C)C(C)C1. The number of likely N-dealkylation sites (N-methyl/N-ethyl adjacent to an activating group) is 2. The Balaban J connectivity index is 2.43. The van der Waals surface area contributed by atoms with Crippen LogP contribution in [0.2, 0.25) is 0 Å². The van der Waals surface area contributed by atoms with Gasteiger partial charge in [-0.3, -0.25) is 4.90 Å². The summed E-state index contributed by atoms with van der Waals surface area (Å²) in [6, 6.07) is 1.44. The van der Waals surface area contributed by atoms with Gasteiger partial charge in [0.1, 0.15) is 0 Å². The summed E-state index contributed by atoms with van der Waals surface area (Å²) in [4.78, 5) is 5.14. The van der Waals surface area contributed by atoms with E-state index < -0.39 is 0 Å². The Bertz CT molecular complexity index is 182. The van der Waals surface area contributed by atoms with E-state index in [-0.39, 0.29) is 0 Å². The molecule has 0 bridgehead atoms. The zero-order chi connectivity index (χ0) is 12.0. The van der Waals surface area contributed by atoms with Gasteiger partial charge >= 0.3 is 0 Å². The molecule has 16 heavy (non-hydrogen) atoms. The van der Waals surface area contributed by atoms with Gasteiger partial charge in [0.2, 0.25) is 0 Å². The number of nitrogens with one attached hydrogen (secondary N) is 1. The van der Waals surface area contributed by atoms with Crippen LogP contribution in [0.1, 0.15) is 33.6 Å². The van der Waals surface area contributed by atoms with Crippen molar-refractivity contribution in [3.63, 3.8) is 0 Å². The summed E-state index contributed by atoms with van der Waals surface area (Å²) in [5.41, 5.74) is 0. The Labute approximate surface area is 101 Å². The minimum absolute atomic E-state index is 0.703. The van der Waals surface area contributed by atoms with E-state index in [0.29, 0.717) is 6.04 Å². The van der Waals surface area contributed by atoms with E-state index >= 15 is 0 Å². The third kappa shape index (κ3) is 4.04. The van der Waals surface area contributed by atoms with Gasteiger partial charge in [0.15, 0.2) is 0 Å². The average molecular weight is 227 g/mol. The lowest BCUT2D eigenvalue weighted by molar-refractivity contribution is 0.0681. The summed E-state index contributed by atoms with van der Waals surface area (Å²) in [6.07, 6.45) is 2.61. The topological polar surface area (TPSA) is 18.5 Å². The summed E-state index contributed by atoms with van der Waals surface area (Å²) >= 11 is 0. The molecular weight excluding hydrogens is 198 g/mol. The first kappa shape index (κ1) is 13.9. The van der Waals surface area contributed by atoms with Crippen molar-refractivity contribution < 1.29 is 0 Å². The lowest BCUT2D eigenvalue weighted by atomic mass is 10.1. The maximum atomic E-state index is 3.50. The van der Waals surface area contributed by atoms with Gasteiger partial charge in [-0.15, -0.1) is 0 Å². The largest absolute Gasteiger partial charge is 0.315 e. The van der Waals surface area contributed by atoms with Crippen molar-refractivity contribution in [1.29, 1.82) is 0 Å². The molecule has 2 atom stereocenters. The molecule has 0 aromatic carbocycles. The molecule has 0 radical (unpaired) electrons. The molecule has 0 saturated carbocycles. The van der Waals surface area contributed by atoms with Gasteiger partial charge in [-0.05, 0) is 26.9 Å². The Morgan fingerprint density at radius 3 is 2.62 bits per heavy atom. The highest BCUT2D eigenvalue weighted by molar-refractivity contribution is 4.82. The van der Waals surface area contributed by atoms with Crippen LogP contribution < -0.4 is 5.32 Å². The van der Waals surface area contributed by atoms with Crippen molar-refractivity contribution >= 4 is 0 Å². The van der Waals surface area contributed by atoms with Gasteiger partial charge in [0.05, 0.1) is 0 Å². The average Bonchev–Trinajstić information content (AvgIpc) is 2.28. The van der Waals surface area contributed by atoms with Crippen LogP contribution in [0.5, 0.6) is 0 Å². The number of hydrogen-bond acceptors (Lipinski definition) is 3.